The highest BCUT2D eigenvalue weighted by atomic mass is 15.1. The second-order valence-corrected chi connectivity index (χ2v) is 3.03. The van der Waals surface area contributed by atoms with Crippen molar-refractivity contribution in [2.75, 3.05) is 14.1 Å². The standard InChI is InChI=1S/C10H14N2/c1-8(12(2)3)9-6-4-5-7-10(9)11/h4-7,11H,1-3H3/b9-8-,11-10?. The lowest BCUT2D eigenvalue weighted by Crippen LogP contribution is -2.14. The van der Waals surface area contributed by atoms with Crippen LogP contribution in [0.3, 0.4) is 0 Å². The average Bonchev–Trinajstić information content (AvgIpc) is 2.04. The number of hydrogen-bond donors (Lipinski definition) is 1. The maximum absolute atomic E-state index is 7.65. The van der Waals surface area contributed by atoms with Gasteiger partial charge < -0.3 is 10.3 Å². The van der Waals surface area contributed by atoms with E-state index in [1.54, 1.807) is 0 Å². The molecule has 0 fully saturated rings. The Bertz CT molecular complexity index is 280. The van der Waals surface area contributed by atoms with E-state index < -0.39 is 0 Å². The molecule has 0 unspecified atom stereocenters. The molecule has 0 bridgehead atoms. The Morgan fingerprint density at radius 3 is 2.33 bits per heavy atom. The van der Waals surface area contributed by atoms with Gasteiger partial charge in [-0.15, -0.1) is 0 Å². The molecule has 0 atom stereocenters. The van der Waals surface area contributed by atoms with E-state index in [4.69, 9.17) is 5.41 Å². The molecular formula is C10H14N2. The van der Waals surface area contributed by atoms with Gasteiger partial charge in [0, 0.05) is 25.4 Å². The third-order valence-electron chi connectivity index (χ3n) is 1.99. The van der Waals surface area contributed by atoms with Gasteiger partial charge in [0.2, 0.25) is 0 Å². The highest BCUT2D eigenvalue weighted by molar-refractivity contribution is 6.09. The fourth-order valence-corrected chi connectivity index (χ4v) is 1.04. The van der Waals surface area contributed by atoms with Crippen molar-refractivity contribution in [1.82, 2.24) is 4.90 Å². The van der Waals surface area contributed by atoms with Crippen LogP contribution in [0.5, 0.6) is 0 Å². The lowest BCUT2D eigenvalue weighted by molar-refractivity contribution is 0.511. The summed E-state index contributed by atoms with van der Waals surface area (Å²) in [7, 11) is 3.98. The third-order valence-corrected chi connectivity index (χ3v) is 1.99. The van der Waals surface area contributed by atoms with Crippen molar-refractivity contribution in [2.24, 2.45) is 0 Å². The molecule has 0 saturated carbocycles. The molecular weight excluding hydrogens is 148 g/mol. The van der Waals surface area contributed by atoms with Gasteiger partial charge in [-0.2, -0.15) is 0 Å². The predicted molar refractivity (Wildman–Crippen MR) is 52.4 cm³/mol. The zero-order valence-corrected chi connectivity index (χ0v) is 7.76. The Hall–Kier alpha value is -1.31. The van der Waals surface area contributed by atoms with Crippen LogP contribution in [0.15, 0.2) is 35.6 Å². The topological polar surface area (TPSA) is 27.1 Å². The molecule has 0 amide bonds. The Morgan fingerprint density at radius 2 is 1.83 bits per heavy atom. The zero-order valence-electron chi connectivity index (χ0n) is 7.76. The first-order valence-electron chi connectivity index (χ1n) is 3.95. The molecule has 0 aromatic heterocycles. The summed E-state index contributed by atoms with van der Waals surface area (Å²) in [5, 5.41) is 7.65. The molecule has 0 spiro atoms. The van der Waals surface area contributed by atoms with E-state index in [1.165, 1.54) is 0 Å². The van der Waals surface area contributed by atoms with Crippen LogP contribution < -0.4 is 0 Å². The van der Waals surface area contributed by atoms with Gasteiger partial charge in [0.1, 0.15) is 0 Å². The predicted octanol–water partition coefficient (Wildman–Crippen LogP) is 1.97. The molecule has 0 saturated heterocycles. The van der Waals surface area contributed by atoms with Gasteiger partial charge in [-0.05, 0) is 13.0 Å². The largest absolute Gasteiger partial charge is 0.381 e. The van der Waals surface area contributed by atoms with Crippen molar-refractivity contribution in [3.05, 3.63) is 35.6 Å². The van der Waals surface area contributed by atoms with Crippen LogP contribution in [-0.4, -0.2) is 24.7 Å². The van der Waals surface area contributed by atoms with E-state index in [9.17, 15) is 0 Å². The van der Waals surface area contributed by atoms with Crippen molar-refractivity contribution in [3.63, 3.8) is 0 Å². The maximum atomic E-state index is 7.65. The van der Waals surface area contributed by atoms with E-state index in [1.807, 2.05) is 50.2 Å². The lowest BCUT2D eigenvalue weighted by Gasteiger charge is -2.17. The highest BCUT2D eigenvalue weighted by Crippen LogP contribution is 2.13. The summed E-state index contributed by atoms with van der Waals surface area (Å²) in [5.74, 6) is 0. The van der Waals surface area contributed by atoms with Crippen molar-refractivity contribution in [1.29, 1.82) is 5.41 Å². The molecule has 0 aromatic carbocycles. The molecule has 2 nitrogen and oxygen atoms in total. The van der Waals surface area contributed by atoms with E-state index >= 15 is 0 Å². The number of nitrogens with one attached hydrogen (secondary N) is 1. The van der Waals surface area contributed by atoms with Crippen LogP contribution in [0.2, 0.25) is 0 Å². The smallest absolute Gasteiger partial charge is 0.0629 e. The molecule has 1 aliphatic carbocycles. The Kier molecular flexibility index (Phi) is 2.48. The first-order valence-corrected chi connectivity index (χ1v) is 3.95. The normalized spacial score (nSPS) is 19.8. The number of hydrogen-bond acceptors (Lipinski definition) is 2. The second-order valence-electron chi connectivity index (χ2n) is 3.03. The van der Waals surface area contributed by atoms with Gasteiger partial charge in [0.05, 0.1) is 5.71 Å². The molecule has 0 aromatic rings. The number of nitrogens with zero attached hydrogens (tertiary/aromatic N) is 1. The number of allylic oxidation sites excluding steroid dienone is 6. The molecule has 12 heavy (non-hydrogen) atoms. The van der Waals surface area contributed by atoms with Crippen LogP contribution in [0, 0.1) is 5.41 Å². The fourth-order valence-electron chi connectivity index (χ4n) is 1.04. The van der Waals surface area contributed by atoms with E-state index in [0.717, 1.165) is 11.3 Å². The summed E-state index contributed by atoms with van der Waals surface area (Å²) in [5.41, 5.74) is 2.71. The average molecular weight is 162 g/mol. The van der Waals surface area contributed by atoms with Gasteiger partial charge in [-0.1, -0.05) is 18.2 Å². The highest BCUT2D eigenvalue weighted by Gasteiger charge is 2.06. The van der Waals surface area contributed by atoms with Crippen LogP contribution in [0.25, 0.3) is 0 Å². The Balaban J connectivity index is 3.02. The summed E-state index contributed by atoms with van der Waals surface area (Å²) in [4.78, 5) is 2.02. The molecule has 2 heteroatoms. The zero-order chi connectivity index (χ0) is 9.14. The van der Waals surface area contributed by atoms with Gasteiger partial charge in [0.15, 0.2) is 0 Å². The minimum atomic E-state index is 0.587. The molecule has 1 rings (SSSR count). The van der Waals surface area contributed by atoms with Crippen molar-refractivity contribution >= 4 is 5.71 Å². The molecule has 1 N–H and O–H groups in total. The van der Waals surface area contributed by atoms with Gasteiger partial charge in [0.25, 0.3) is 0 Å². The minimum absolute atomic E-state index is 0.587. The summed E-state index contributed by atoms with van der Waals surface area (Å²) < 4.78 is 0. The van der Waals surface area contributed by atoms with Gasteiger partial charge in [-0.25, -0.2) is 0 Å². The van der Waals surface area contributed by atoms with Gasteiger partial charge >= 0.3 is 0 Å². The summed E-state index contributed by atoms with van der Waals surface area (Å²) in [6, 6.07) is 0. The summed E-state index contributed by atoms with van der Waals surface area (Å²) in [6.07, 6.45) is 7.62. The van der Waals surface area contributed by atoms with Crippen molar-refractivity contribution in [3.8, 4) is 0 Å². The van der Waals surface area contributed by atoms with Crippen LogP contribution in [0.1, 0.15) is 6.92 Å². The number of rotatable bonds is 1. The second kappa shape index (κ2) is 3.39. The van der Waals surface area contributed by atoms with E-state index in [-0.39, 0.29) is 0 Å². The first-order chi connectivity index (χ1) is 5.63. The third kappa shape index (κ3) is 1.64. The van der Waals surface area contributed by atoms with Crippen LogP contribution in [0.4, 0.5) is 0 Å². The minimum Gasteiger partial charge on any atom is -0.381 e. The molecule has 64 valence electrons. The quantitative estimate of drug-likeness (QED) is 0.627. The lowest BCUT2D eigenvalue weighted by atomic mass is 10.0. The van der Waals surface area contributed by atoms with E-state index in [2.05, 4.69) is 0 Å². The van der Waals surface area contributed by atoms with Crippen molar-refractivity contribution in [2.45, 2.75) is 6.92 Å². The SMILES string of the molecule is C/C(=C1\C=CC=CC1=N)N(C)C. The van der Waals surface area contributed by atoms with Crippen molar-refractivity contribution < 1.29 is 0 Å². The van der Waals surface area contributed by atoms with Crippen LogP contribution in [-0.2, 0) is 0 Å². The fraction of sp³-hybridized carbons (Fsp3) is 0.300. The monoisotopic (exact) mass is 162 g/mol. The molecule has 0 heterocycles. The maximum Gasteiger partial charge on any atom is 0.0629 e. The molecule has 0 aliphatic heterocycles. The Labute approximate surface area is 73.4 Å². The van der Waals surface area contributed by atoms with Gasteiger partial charge in [-0.3, -0.25) is 0 Å². The molecule has 0 radical (unpaired) electrons. The summed E-state index contributed by atoms with van der Waals surface area (Å²) >= 11 is 0. The first kappa shape index (κ1) is 8.78. The van der Waals surface area contributed by atoms with Crippen LogP contribution >= 0.6 is 0 Å². The molecule has 1 aliphatic rings. The Morgan fingerprint density at radius 1 is 1.25 bits per heavy atom. The summed E-state index contributed by atoms with van der Waals surface area (Å²) in [6.45, 7) is 2.02. The van der Waals surface area contributed by atoms with E-state index in [0.29, 0.717) is 5.71 Å².